The molecule has 2 rings (SSSR count). The van der Waals surface area contributed by atoms with Gasteiger partial charge in [0.15, 0.2) is 0 Å². The molecule has 0 fully saturated rings. The van der Waals surface area contributed by atoms with Crippen LogP contribution in [-0.2, 0) is 0 Å². The Morgan fingerprint density at radius 2 is 2.00 bits per heavy atom. The molecule has 0 amide bonds. The average molecular weight is 308 g/mol. The van der Waals surface area contributed by atoms with Gasteiger partial charge in [-0.05, 0) is 12.1 Å². The molecule has 0 aliphatic carbocycles. The minimum atomic E-state index is 0.515. The van der Waals surface area contributed by atoms with Crippen molar-refractivity contribution in [3.8, 4) is 0 Å². The highest BCUT2D eigenvalue weighted by molar-refractivity contribution is 9.10. The van der Waals surface area contributed by atoms with E-state index < -0.39 is 0 Å². The van der Waals surface area contributed by atoms with Crippen LogP contribution in [-0.4, -0.2) is 24.1 Å². The van der Waals surface area contributed by atoms with Crippen molar-refractivity contribution in [1.82, 2.24) is 10.3 Å². The minimum Gasteiger partial charge on any atom is -0.368 e. The van der Waals surface area contributed by atoms with Gasteiger partial charge >= 0.3 is 0 Å². The first-order chi connectivity index (χ1) is 8.68. The maximum atomic E-state index is 4.40. The van der Waals surface area contributed by atoms with E-state index in [1.165, 1.54) is 5.39 Å². The number of aromatic nitrogens is 1. The van der Waals surface area contributed by atoms with Crippen molar-refractivity contribution in [2.75, 3.05) is 18.4 Å². The number of benzene rings is 1. The lowest BCUT2D eigenvalue weighted by Gasteiger charge is -2.11. The predicted molar refractivity (Wildman–Crippen MR) is 81.1 cm³/mol. The van der Waals surface area contributed by atoms with E-state index in [2.05, 4.69) is 51.5 Å². The number of anilines is 1. The second-order valence-corrected chi connectivity index (χ2v) is 5.38. The molecule has 2 N–H and O–H groups in total. The number of nitrogens with one attached hydrogen (secondary N) is 2. The number of hydrogen-bond acceptors (Lipinski definition) is 3. The quantitative estimate of drug-likeness (QED) is 0.831. The standard InChI is InChI=1S/C14H18BrN3/c1-10(2)16-8-9-18-14-12-4-3-5-13(15)11(12)6-7-17-14/h3-7,10,16H,8-9H2,1-2H3,(H,17,18). The number of fused-ring (bicyclic) bond motifs is 1. The molecule has 96 valence electrons. The highest BCUT2D eigenvalue weighted by atomic mass is 79.9. The Morgan fingerprint density at radius 3 is 2.78 bits per heavy atom. The Labute approximate surface area is 116 Å². The van der Waals surface area contributed by atoms with Crippen LogP contribution in [0.1, 0.15) is 13.8 Å². The molecular weight excluding hydrogens is 290 g/mol. The van der Waals surface area contributed by atoms with Crippen LogP contribution in [0, 0.1) is 0 Å². The Balaban J connectivity index is 2.11. The van der Waals surface area contributed by atoms with Crippen LogP contribution >= 0.6 is 15.9 Å². The molecule has 0 aliphatic heterocycles. The first-order valence-electron chi connectivity index (χ1n) is 6.19. The lowest BCUT2D eigenvalue weighted by molar-refractivity contribution is 0.602. The van der Waals surface area contributed by atoms with Crippen molar-refractivity contribution >= 4 is 32.5 Å². The summed E-state index contributed by atoms with van der Waals surface area (Å²) in [7, 11) is 0. The third kappa shape index (κ3) is 3.21. The number of rotatable bonds is 5. The van der Waals surface area contributed by atoms with Crippen LogP contribution < -0.4 is 10.6 Å². The molecule has 0 unspecified atom stereocenters. The average Bonchev–Trinajstić information content (AvgIpc) is 2.35. The van der Waals surface area contributed by atoms with Crippen molar-refractivity contribution in [3.05, 3.63) is 34.9 Å². The van der Waals surface area contributed by atoms with Crippen molar-refractivity contribution in [3.63, 3.8) is 0 Å². The first kappa shape index (κ1) is 13.3. The van der Waals surface area contributed by atoms with Crippen LogP contribution in [0.5, 0.6) is 0 Å². The van der Waals surface area contributed by atoms with Crippen LogP contribution in [0.3, 0.4) is 0 Å². The lowest BCUT2D eigenvalue weighted by atomic mass is 10.1. The Kier molecular flexibility index (Phi) is 4.55. The zero-order chi connectivity index (χ0) is 13.0. The SMILES string of the molecule is CC(C)NCCNc1nccc2c(Br)cccc12. The van der Waals surface area contributed by atoms with Crippen LogP contribution in [0.15, 0.2) is 34.9 Å². The Morgan fingerprint density at radius 1 is 1.17 bits per heavy atom. The fourth-order valence-corrected chi connectivity index (χ4v) is 2.35. The van der Waals surface area contributed by atoms with E-state index >= 15 is 0 Å². The summed E-state index contributed by atoms with van der Waals surface area (Å²) in [6, 6.07) is 8.71. The van der Waals surface area contributed by atoms with Crippen LogP contribution in [0.2, 0.25) is 0 Å². The zero-order valence-electron chi connectivity index (χ0n) is 10.7. The van der Waals surface area contributed by atoms with E-state index in [1.54, 1.807) is 0 Å². The molecule has 0 spiro atoms. The Bertz CT molecular complexity index is 525. The second kappa shape index (κ2) is 6.16. The van der Waals surface area contributed by atoms with Crippen LogP contribution in [0.25, 0.3) is 10.8 Å². The van der Waals surface area contributed by atoms with E-state index in [9.17, 15) is 0 Å². The highest BCUT2D eigenvalue weighted by Gasteiger charge is 2.03. The Hall–Kier alpha value is -1.13. The smallest absolute Gasteiger partial charge is 0.133 e. The van der Waals surface area contributed by atoms with Crippen molar-refractivity contribution < 1.29 is 0 Å². The maximum absolute atomic E-state index is 4.40. The second-order valence-electron chi connectivity index (χ2n) is 4.53. The van der Waals surface area contributed by atoms with Gasteiger partial charge in [-0.3, -0.25) is 0 Å². The summed E-state index contributed by atoms with van der Waals surface area (Å²) in [5, 5.41) is 9.09. The van der Waals surface area contributed by atoms with Crippen molar-refractivity contribution in [1.29, 1.82) is 0 Å². The molecule has 1 heterocycles. The summed E-state index contributed by atoms with van der Waals surface area (Å²) in [5.41, 5.74) is 0. The summed E-state index contributed by atoms with van der Waals surface area (Å²) < 4.78 is 1.10. The van der Waals surface area contributed by atoms with Crippen molar-refractivity contribution in [2.24, 2.45) is 0 Å². The van der Waals surface area contributed by atoms with Gasteiger partial charge in [-0.1, -0.05) is 41.9 Å². The molecule has 0 saturated heterocycles. The highest BCUT2D eigenvalue weighted by Crippen LogP contribution is 2.27. The lowest BCUT2D eigenvalue weighted by Crippen LogP contribution is -2.28. The maximum Gasteiger partial charge on any atom is 0.133 e. The molecule has 1 aromatic carbocycles. The largest absolute Gasteiger partial charge is 0.368 e. The summed E-state index contributed by atoms with van der Waals surface area (Å²) in [4.78, 5) is 4.40. The topological polar surface area (TPSA) is 37.0 Å². The van der Waals surface area contributed by atoms with Crippen LogP contribution in [0.4, 0.5) is 5.82 Å². The summed E-state index contributed by atoms with van der Waals surface area (Å²) in [6.07, 6.45) is 1.84. The van der Waals surface area contributed by atoms with E-state index in [0.29, 0.717) is 6.04 Å². The van der Waals surface area contributed by atoms with Gasteiger partial charge in [0.1, 0.15) is 5.82 Å². The fraction of sp³-hybridized carbons (Fsp3) is 0.357. The van der Waals surface area contributed by atoms with Crippen molar-refractivity contribution in [2.45, 2.75) is 19.9 Å². The number of pyridine rings is 1. The van der Waals surface area contributed by atoms with Gasteiger partial charge in [-0.2, -0.15) is 0 Å². The summed E-state index contributed by atoms with van der Waals surface area (Å²) >= 11 is 3.56. The molecule has 4 heteroatoms. The van der Waals surface area contributed by atoms with E-state index in [0.717, 1.165) is 28.8 Å². The summed E-state index contributed by atoms with van der Waals surface area (Å²) in [6.45, 7) is 6.10. The monoisotopic (exact) mass is 307 g/mol. The molecule has 2 aromatic rings. The molecule has 0 bridgehead atoms. The predicted octanol–water partition coefficient (Wildman–Crippen LogP) is 3.41. The molecule has 3 nitrogen and oxygen atoms in total. The summed E-state index contributed by atoms with van der Waals surface area (Å²) in [5.74, 6) is 0.944. The molecule has 1 aromatic heterocycles. The van der Waals surface area contributed by atoms with Gasteiger partial charge in [0, 0.05) is 40.6 Å². The number of hydrogen-bond donors (Lipinski definition) is 2. The number of nitrogens with zero attached hydrogens (tertiary/aromatic N) is 1. The molecule has 0 radical (unpaired) electrons. The molecule has 18 heavy (non-hydrogen) atoms. The van der Waals surface area contributed by atoms with E-state index in [4.69, 9.17) is 0 Å². The van der Waals surface area contributed by atoms with Gasteiger partial charge < -0.3 is 10.6 Å². The fourth-order valence-electron chi connectivity index (χ4n) is 1.85. The molecular formula is C14H18BrN3. The minimum absolute atomic E-state index is 0.515. The first-order valence-corrected chi connectivity index (χ1v) is 6.98. The van der Waals surface area contributed by atoms with E-state index in [-0.39, 0.29) is 0 Å². The normalized spacial score (nSPS) is 11.1. The molecule has 0 atom stereocenters. The third-order valence-electron chi connectivity index (χ3n) is 2.72. The molecule has 0 aliphatic rings. The number of halogens is 1. The van der Waals surface area contributed by atoms with Gasteiger partial charge in [-0.25, -0.2) is 4.98 Å². The molecule has 0 saturated carbocycles. The van der Waals surface area contributed by atoms with Gasteiger partial charge in [-0.15, -0.1) is 0 Å². The van der Waals surface area contributed by atoms with E-state index in [1.807, 2.05) is 24.4 Å². The van der Waals surface area contributed by atoms with Gasteiger partial charge in [0.2, 0.25) is 0 Å². The third-order valence-corrected chi connectivity index (χ3v) is 3.41. The van der Waals surface area contributed by atoms with Gasteiger partial charge in [0.05, 0.1) is 0 Å². The zero-order valence-corrected chi connectivity index (χ0v) is 12.3. The van der Waals surface area contributed by atoms with Gasteiger partial charge in [0.25, 0.3) is 0 Å².